The predicted molar refractivity (Wildman–Crippen MR) is 102 cm³/mol. The predicted octanol–water partition coefficient (Wildman–Crippen LogP) is 3.00. The van der Waals surface area contributed by atoms with Gasteiger partial charge in [0.15, 0.2) is 6.61 Å². The molecule has 1 aliphatic rings. The Morgan fingerprint density at radius 1 is 0.963 bits per heavy atom. The Morgan fingerprint density at radius 3 is 1.93 bits per heavy atom. The summed E-state index contributed by atoms with van der Waals surface area (Å²) in [6, 6.07) is 18.9. The van der Waals surface area contributed by atoms with Crippen molar-refractivity contribution < 1.29 is 19.1 Å². The summed E-state index contributed by atoms with van der Waals surface area (Å²) in [6.45, 7) is 4.64. The molecule has 2 unspecified atom stereocenters. The van der Waals surface area contributed by atoms with Crippen molar-refractivity contribution in [1.82, 2.24) is 4.90 Å². The van der Waals surface area contributed by atoms with E-state index >= 15 is 0 Å². The number of rotatable bonds is 5. The number of ether oxygens (including phenoxy) is 2. The normalized spacial score (nSPS) is 19.7. The molecule has 0 bridgehead atoms. The van der Waals surface area contributed by atoms with Gasteiger partial charge in [-0.1, -0.05) is 60.7 Å². The lowest BCUT2D eigenvalue weighted by molar-refractivity contribution is -0.157. The zero-order chi connectivity index (χ0) is 19.2. The maximum Gasteiger partial charge on any atom is 0.318 e. The van der Waals surface area contributed by atoms with E-state index in [0.29, 0.717) is 13.1 Å². The molecule has 5 nitrogen and oxygen atoms in total. The molecule has 1 fully saturated rings. The highest BCUT2D eigenvalue weighted by molar-refractivity contribution is 5.85. The van der Waals surface area contributed by atoms with Gasteiger partial charge in [-0.25, -0.2) is 0 Å². The molecule has 142 valence electrons. The Bertz CT molecular complexity index is 713. The van der Waals surface area contributed by atoms with Gasteiger partial charge < -0.3 is 14.4 Å². The number of carbonyl (C=O) groups excluding carboxylic acids is 2. The van der Waals surface area contributed by atoms with E-state index < -0.39 is 11.9 Å². The highest BCUT2D eigenvalue weighted by atomic mass is 16.5. The molecule has 2 atom stereocenters. The molecule has 0 aromatic heterocycles. The maximum absolute atomic E-state index is 12.8. The highest BCUT2D eigenvalue weighted by Crippen LogP contribution is 2.26. The van der Waals surface area contributed by atoms with Crippen molar-refractivity contribution in [3.63, 3.8) is 0 Å². The Kier molecular flexibility index (Phi) is 6.24. The summed E-state index contributed by atoms with van der Waals surface area (Å²) in [7, 11) is 0. The molecule has 0 N–H and O–H groups in total. The Hall–Kier alpha value is -2.66. The number of hydrogen-bond acceptors (Lipinski definition) is 4. The third-order valence-electron chi connectivity index (χ3n) is 4.61. The summed E-state index contributed by atoms with van der Waals surface area (Å²) >= 11 is 0. The smallest absolute Gasteiger partial charge is 0.318 e. The quantitative estimate of drug-likeness (QED) is 0.763. The van der Waals surface area contributed by atoms with Crippen molar-refractivity contribution in [2.45, 2.75) is 32.0 Å². The third-order valence-corrected chi connectivity index (χ3v) is 4.61. The molecule has 1 amide bonds. The van der Waals surface area contributed by atoms with Gasteiger partial charge >= 0.3 is 5.97 Å². The van der Waals surface area contributed by atoms with E-state index in [1.165, 1.54) is 0 Å². The fourth-order valence-electron chi connectivity index (χ4n) is 3.44. The molecule has 2 aromatic rings. The molecule has 1 heterocycles. The van der Waals surface area contributed by atoms with Gasteiger partial charge in [0, 0.05) is 13.1 Å². The van der Waals surface area contributed by atoms with Crippen LogP contribution in [0.3, 0.4) is 0 Å². The fourth-order valence-corrected chi connectivity index (χ4v) is 3.44. The van der Waals surface area contributed by atoms with Crippen LogP contribution in [0.2, 0.25) is 0 Å². The van der Waals surface area contributed by atoms with Gasteiger partial charge in [-0.05, 0) is 25.0 Å². The fraction of sp³-hybridized carbons (Fsp3) is 0.364. The average Bonchev–Trinajstić information content (AvgIpc) is 2.67. The molecule has 2 aromatic carbocycles. The number of carbonyl (C=O) groups is 2. The lowest BCUT2D eigenvalue weighted by Gasteiger charge is -2.35. The van der Waals surface area contributed by atoms with Crippen LogP contribution in [0.25, 0.3) is 0 Å². The van der Waals surface area contributed by atoms with E-state index in [9.17, 15) is 9.59 Å². The first kappa shape index (κ1) is 19.1. The molecular weight excluding hydrogens is 342 g/mol. The van der Waals surface area contributed by atoms with Gasteiger partial charge in [0.25, 0.3) is 5.91 Å². The summed E-state index contributed by atoms with van der Waals surface area (Å²) in [6.07, 6.45) is -0.0374. The van der Waals surface area contributed by atoms with Gasteiger partial charge in [-0.2, -0.15) is 0 Å². The van der Waals surface area contributed by atoms with Crippen molar-refractivity contribution in [2.75, 3.05) is 19.7 Å². The number of esters is 1. The molecule has 0 aliphatic carbocycles. The Labute approximate surface area is 159 Å². The Balaban J connectivity index is 1.69. The number of morpholine rings is 1. The van der Waals surface area contributed by atoms with Gasteiger partial charge in [0.2, 0.25) is 0 Å². The third kappa shape index (κ3) is 4.95. The minimum absolute atomic E-state index is 0.0187. The van der Waals surface area contributed by atoms with Crippen LogP contribution in [-0.4, -0.2) is 48.7 Å². The van der Waals surface area contributed by atoms with Gasteiger partial charge in [0.1, 0.15) is 5.92 Å². The second kappa shape index (κ2) is 8.82. The van der Waals surface area contributed by atoms with Gasteiger partial charge in [-0.15, -0.1) is 0 Å². The molecule has 27 heavy (non-hydrogen) atoms. The summed E-state index contributed by atoms with van der Waals surface area (Å²) in [5.74, 6) is -1.16. The van der Waals surface area contributed by atoms with E-state index in [-0.39, 0.29) is 24.7 Å². The van der Waals surface area contributed by atoms with Crippen molar-refractivity contribution >= 4 is 11.9 Å². The van der Waals surface area contributed by atoms with Crippen molar-refractivity contribution in [2.24, 2.45) is 0 Å². The molecule has 0 saturated carbocycles. The minimum Gasteiger partial charge on any atom is -0.455 e. The molecule has 3 rings (SSSR count). The molecule has 5 heteroatoms. The van der Waals surface area contributed by atoms with Crippen LogP contribution in [0.5, 0.6) is 0 Å². The number of benzene rings is 2. The van der Waals surface area contributed by atoms with E-state index in [1.807, 2.05) is 74.5 Å². The minimum atomic E-state index is -0.553. The van der Waals surface area contributed by atoms with E-state index in [2.05, 4.69) is 0 Å². The van der Waals surface area contributed by atoms with Crippen molar-refractivity contribution in [1.29, 1.82) is 0 Å². The Morgan fingerprint density at radius 2 is 1.44 bits per heavy atom. The van der Waals surface area contributed by atoms with E-state index in [4.69, 9.17) is 9.47 Å². The zero-order valence-electron chi connectivity index (χ0n) is 15.7. The molecule has 1 saturated heterocycles. The van der Waals surface area contributed by atoms with Crippen LogP contribution in [0, 0.1) is 0 Å². The molecular formula is C22H25NO4. The highest BCUT2D eigenvalue weighted by Gasteiger charge is 2.28. The monoisotopic (exact) mass is 367 g/mol. The summed E-state index contributed by atoms with van der Waals surface area (Å²) in [5.41, 5.74) is 1.68. The van der Waals surface area contributed by atoms with Crippen LogP contribution in [0.15, 0.2) is 60.7 Å². The van der Waals surface area contributed by atoms with E-state index in [1.54, 1.807) is 4.90 Å². The largest absolute Gasteiger partial charge is 0.455 e. The second-order valence-electron chi connectivity index (χ2n) is 6.92. The number of nitrogens with zero attached hydrogens (tertiary/aromatic N) is 1. The number of amides is 1. The molecule has 0 radical (unpaired) electrons. The van der Waals surface area contributed by atoms with Crippen LogP contribution < -0.4 is 0 Å². The van der Waals surface area contributed by atoms with Crippen LogP contribution in [0.4, 0.5) is 0 Å². The van der Waals surface area contributed by atoms with E-state index in [0.717, 1.165) is 11.1 Å². The van der Waals surface area contributed by atoms with Gasteiger partial charge in [-0.3, -0.25) is 9.59 Å². The second-order valence-corrected chi connectivity index (χ2v) is 6.92. The van der Waals surface area contributed by atoms with Crippen LogP contribution in [-0.2, 0) is 19.1 Å². The summed E-state index contributed by atoms with van der Waals surface area (Å²) in [5, 5.41) is 0. The first-order valence-corrected chi connectivity index (χ1v) is 9.24. The standard InChI is InChI=1S/C22H25NO4/c1-16-13-23(14-17(2)27-16)20(24)15-26-22(25)21(18-9-5-3-6-10-18)19-11-7-4-8-12-19/h3-12,16-17,21H,13-15H2,1-2H3. The van der Waals surface area contributed by atoms with Gasteiger partial charge in [0.05, 0.1) is 12.2 Å². The van der Waals surface area contributed by atoms with Crippen LogP contribution >= 0.6 is 0 Å². The topological polar surface area (TPSA) is 55.8 Å². The first-order chi connectivity index (χ1) is 13.0. The SMILES string of the molecule is CC1CN(C(=O)COC(=O)C(c2ccccc2)c2ccccc2)CC(C)O1. The maximum atomic E-state index is 12.8. The number of hydrogen-bond donors (Lipinski definition) is 0. The van der Waals surface area contributed by atoms with Crippen molar-refractivity contribution in [3.05, 3.63) is 71.8 Å². The molecule has 0 spiro atoms. The summed E-state index contributed by atoms with van der Waals surface area (Å²) in [4.78, 5) is 27.0. The molecule has 1 aliphatic heterocycles. The first-order valence-electron chi connectivity index (χ1n) is 9.24. The zero-order valence-corrected chi connectivity index (χ0v) is 15.7. The average molecular weight is 367 g/mol. The lowest BCUT2D eigenvalue weighted by Crippen LogP contribution is -2.49. The summed E-state index contributed by atoms with van der Waals surface area (Å²) < 4.78 is 11.1. The van der Waals surface area contributed by atoms with Crippen molar-refractivity contribution in [3.8, 4) is 0 Å². The lowest BCUT2D eigenvalue weighted by atomic mass is 9.91. The van der Waals surface area contributed by atoms with Crippen LogP contribution in [0.1, 0.15) is 30.9 Å².